The lowest BCUT2D eigenvalue weighted by Gasteiger charge is -2.22. The zero-order valence-corrected chi connectivity index (χ0v) is 15.1. The second-order valence-electron chi connectivity index (χ2n) is 5.79. The van der Waals surface area contributed by atoms with E-state index in [1.54, 1.807) is 13.8 Å². The summed E-state index contributed by atoms with van der Waals surface area (Å²) in [6, 6.07) is 3.54. The van der Waals surface area contributed by atoms with Crippen molar-refractivity contribution in [3.8, 4) is 5.75 Å². The normalized spacial score (nSPS) is 18.4. The molecule has 0 aliphatic heterocycles. The van der Waals surface area contributed by atoms with Gasteiger partial charge in [0.25, 0.3) is 0 Å². The van der Waals surface area contributed by atoms with Crippen molar-refractivity contribution in [1.82, 2.24) is 4.31 Å². The van der Waals surface area contributed by atoms with Gasteiger partial charge in [-0.1, -0.05) is 13.8 Å². The third kappa shape index (κ3) is 4.16. The van der Waals surface area contributed by atoms with Gasteiger partial charge in [-0.15, -0.1) is 0 Å². The van der Waals surface area contributed by atoms with Crippen LogP contribution in [-0.2, 0) is 14.8 Å². The number of carbonyl (C=O) groups excluding carboxylic acids is 1. The molecule has 1 aliphatic rings. The Kier molecular flexibility index (Phi) is 6.12. The highest BCUT2D eigenvalue weighted by Gasteiger charge is 2.29. The lowest BCUT2D eigenvalue weighted by Crippen LogP contribution is -2.31. The van der Waals surface area contributed by atoms with Gasteiger partial charge < -0.3 is 4.74 Å². The van der Waals surface area contributed by atoms with E-state index >= 15 is 0 Å². The van der Waals surface area contributed by atoms with Crippen molar-refractivity contribution < 1.29 is 22.9 Å². The number of ether oxygens (including phenoxy) is 1. The number of sulfonamides is 1. The highest BCUT2D eigenvalue weighted by atomic mass is 32.2. The highest BCUT2D eigenvalue weighted by molar-refractivity contribution is 7.89. The van der Waals surface area contributed by atoms with E-state index in [4.69, 9.17) is 4.74 Å². The Morgan fingerprint density at radius 3 is 2.52 bits per heavy atom. The molecular formula is C16H22N2O6S. The first-order valence-electron chi connectivity index (χ1n) is 8.29. The number of carbonyl (C=O) groups is 1. The van der Waals surface area contributed by atoms with E-state index in [1.165, 1.54) is 16.4 Å². The fourth-order valence-corrected chi connectivity index (χ4v) is 4.32. The number of benzene rings is 1. The molecule has 0 saturated heterocycles. The van der Waals surface area contributed by atoms with Gasteiger partial charge in [0, 0.05) is 25.6 Å². The molecule has 1 aromatic rings. The smallest absolute Gasteiger partial charge is 0.312 e. The summed E-state index contributed by atoms with van der Waals surface area (Å²) in [5, 5.41) is 11.4. The minimum atomic E-state index is -3.81. The molecule has 138 valence electrons. The van der Waals surface area contributed by atoms with Crippen LogP contribution in [0.5, 0.6) is 5.75 Å². The van der Waals surface area contributed by atoms with Crippen LogP contribution < -0.4 is 4.74 Å². The fourth-order valence-electron chi connectivity index (χ4n) is 2.84. The summed E-state index contributed by atoms with van der Waals surface area (Å²) in [6.45, 7) is 3.92. The molecule has 9 heteroatoms. The van der Waals surface area contributed by atoms with E-state index in [9.17, 15) is 23.3 Å². The summed E-state index contributed by atoms with van der Waals surface area (Å²) in [4.78, 5) is 22.4. The highest BCUT2D eigenvalue weighted by Crippen LogP contribution is 2.33. The fraction of sp³-hybridized carbons (Fsp3) is 0.562. The molecule has 1 aliphatic carbocycles. The summed E-state index contributed by atoms with van der Waals surface area (Å²) in [5.41, 5.74) is -0.452. The molecule has 2 rings (SSSR count). The second kappa shape index (κ2) is 7.92. The van der Waals surface area contributed by atoms with Crippen LogP contribution in [0.25, 0.3) is 0 Å². The Morgan fingerprint density at radius 1 is 1.28 bits per heavy atom. The minimum Gasteiger partial charge on any atom is -0.476 e. The molecule has 0 aromatic heterocycles. The molecule has 0 amide bonds. The molecule has 0 heterocycles. The van der Waals surface area contributed by atoms with E-state index in [-0.39, 0.29) is 29.5 Å². The second-order valence-corrected chi connectivity index (χ2v) is 7.73. The quantitative estimate of drug-likeness (QED) is 0.539. The zero-order chi connectivity index (χ0) is 18.6. The van der Waals surface area contributed by atoms with E-state index in [2.05, 4.69) is 0 Å². The van der Waals surface area contributed by atoms with Crippen LogP contribution in [0.15, 0.2) is 23.1 Å². The first-order valence-corrected chi connectivity index (χ1v) is 9.73. The Hall–Kier alpha value is -2.00. The zero-order valence-electron chi connectivity index (χ0n) is 14.3. The molecule has 0 radical (unpaired) electrons. The molecule has 1 atom stereocenters. The van der Waals surface area contributed by atoms with Gasteiger partial charge in [0.15, 0.2) is 17.6 Å². The number of rotatable bonds is 7. The van der Waals surface area contributed by atoms with Crippen molar-refractivity contribution in [2.75, 3.05) is 13.1 Å². The number of hydrogen-bond donors (Lipinski definition) is 0. The maximum atomic E-state index is 12.5. The molecule has 8 nitrogen and oxygen atoms in total. The molecule has 1 aromatic carbocycles. The maximum absolute atomic E-state index is 12.5. The van der Waals surface area contributed by atoms with Gasteiger partial charge in [0.1, 0.15) is 0 Å². The SMILES string of the molecule is CCN(CC)S(=O)(=O)c1ccc(O[C@@H]2CCCCC2=O)c([N+](=O)[O-])c1. The third-order valence-electron chi connectivity index (χ3n) is 4.24. The average Bonchev–Trinajstić information content (AvgIpc) is 2.57. The number of ketones is 1. The molecule has 1 saturated carbocycles. The van der Waals surface area contributed by atoms with E-state index in [0.29, 0.717) is 12.8 Å². The molecule has 0 unspecified atom stereocenters. The molecular weight excluding hydrogens is 348 g/mol. The van der Waals surface area contributed by atoms with Crippen LogP contribution in [0.1, 0.15) is 39.5 Å². The number of hydrogen-bond acceptors (Lipinski definition) is 6. The van der Waals surface area contributed by atoms with Crippen molar-refractivity contribution in [2.24, 2.45) is 0 Å². The first kappa shape index (κ1) is 19.3. The predicted octanol–water partition coefficient (Wildman–Crippen LogP) is 2.52. The van der Waals surface area contributed by atoms with Gasteiger partial charge in [-0.2, -0.15) is 4.31 Å². The van der Waals surface area contributed by atoms with Gasteiger partial charge in [0.2, 0.25) is 10.0 Å². The van der Waals surface area contributed by atoms with E-state index in [1.807, 2.05) is 0 Å². The average molecular weight is 370 g/mol. The van der Waals surface area contributed by atoms with Crippen molar-refractivity contribution in [2.45, 2.75) is 50.5 Å². The van der Waals surface area contributed by atoms with Gasteiger partial charge in [-0.05, 0) is 31.4 Å². The van der Waals surface area contributed by atoms with Crippen molar-refractivity contribution in [3.63, 3.8) is 0 Å². The van der Waals surface area contributed by atoms with Crippen LogP contribution in [0.3, 0.4) is 0 Å². The van der Waals surface area contributed by atoms with Crippen LogP contribution in [-0.4, -0.2) is 42.6 Å². The number of nitrogens with zero attached hydrogens (tertiary/aromatic N) is 2. The van der Waals surface area contributed by atoms with E-state index in [0.717, 1.165) is 18.9 Å². The standard InChI is InChI=1S/C16H22N2O6S/c1-3-17(4-2)25(22,23)12-9-10-15(13(11-12)18(20)21)24-16-8-6-5-7-14(16)19/h9-11,16H,3-8H2,1-2H3/t16-/m1/s1. The Bertz CT molecular complexity index is 758. The summed E-state index contributed by atoms with van der Waals surface area (Å²) >= 11 is 0. The van der Waals surface area contributed by atoms with Crippen molar-refractivity contribution >= 4 is 21.5 Å². The topological polar surface area (TPSA) is 107 Å². The van der Waals surface area contributed by atoms with Crippen LogP contribution in [0.4, 0.5) is 5.69 Å². The van der Waals surface area contributed by atoms with Crippen LogP contribution in [0.2, 0.25) is 0 Å². The van der Waals surface area contributed by atoms with Gasteiger partial charge in [-0.3, -0.25) is 14.9 Å². The van der Waals surface area contributed by atoms with Crippen molar-refractivity contribution in [3.05, 3.63) is 28.3 Å². The first-order chi connectivity index (χ1) is 11.8. The Balaban J connectivity index is 2.38. The molecule has 1 fully saturated rings. The van der Waals surface area contributed by atoms with Crippen molar-refractivity contribution in [1.29, 1.82) is 0 Å². The number of nitro benzene ring substituents is 1. The summed E-state index contributed by atoms with van der Waals surface area (Å²) in [6.07, 6.45) is 1.81. The number of Topliss-reactive ketones (excluding diaryl/α,β-unsaturated/α-hetero) is 1. The van der Waals surface area contributed by atoms with Crippen LogP contribution >= 0.6 is 0 Å². The summed E-state index contributed by atoms with van der Waals surface area (Å²) in [7, 11) is -3.81. The lowest BCUT2D eigenvalue weighted by atomic mass is 9.96. The maximum Gasteiger partial charge on any atom is 0.312 e. The Morgan fingerprint density at radius 2 is 1.96 bits per heavy atom. The largest absolute Gasteiger partial charge is 0.476 e. The molecule has 0 spiro atoms. The monoisotopic (exact) mass is 370 g/mol. The molecule has 0 bridgehead atoms. The van der Waals surface area contributed by atoms with Gasteiger partial charge in [-0.25, -0.2) is 8.42 Å². The molecule has 0 N–H and O–H groups in total. The van der Waals surface area contributed by atoms with E-state index < -0.39 is 26.7 Å². The predicted molar refractivity (Wildman–Crippen MR) is 91.1 cm³/mol. The molecule has 25 heavy (non-hydrogen) atoms. The Labute approximate surface area is 147 Å². The lowest BCUT2D eigenvalue weighted by molar-refractivity contribution is -0.386. The number of nitro groups is 1. The van der Waals surface area contributed by atoms with Gasteiger partial charge in [0.05, 0.1) is 9.82 Å². The van der Waals surface area contributed by atoms with Crippen LogP contribution in [0, 0.1) is 10.1 Å². The summed E-state index contributed by atoms with van der Waals surface area (Å²) < 4.78 is 31.8. The van der Waals surface area contributed by atoms with Gasteiger partial charge >= 0.3 is 5.69 Å². The summed E-state index contributed by atoms with van der Waals surface area (Å²) in [5.74, 6) is -0.163. The third-order valence-corrected chi connectivity index (χ3v) is 6.28. The minimum absolute atomic E-state index is 0.0799.